The first-order valence-electron chi connectivity index (χ1n) is 4.11. The number of nitrogens with zero attached hydrogens (tertiary/aromatic N) is 1. The minimum Gasteiger partial charge on any atom is -0.302 e. The second-order valence-corrected chi connectivity index (χ2v) is 2.87. The van der Waals surface area contributed by atoms with Crippen LogP contribution in [0.25, 0.3) is 0 Å². The van der Waals surface area contributed by atoms with Gasteiger partial charge in [-0.15, -0.1) is 0 Å². The Morgan fingerprint density at radius 3 is 2.60 bits per heavy atom. The van der Waals surface area contributed by atoms with Crippen LogP contribution in [-0.2, 0) is 0 Å². The van der Waals surface area contributed by atoms with E-state index in [2.05, 4.69) is 24.1 Å². The third-order valence-corrected chi connectivity index (χ3v) is 2.13. The highest BCUT2D eigenvalue weighted by molar-refractivity contribution is 4.71. The third-order valence-electron chi connectivity index (χ3n) is 2.13. The molecule has 1 saturated heterocycles. The number of nitrogens with one attached hydrogen (secondary N) is 1. The Labute approximate surface area is 63.6 Å². The average molecular weight is 141 g/mol. The molecule has 1 rings (SSSR count). The number of hydrogen-bond acceptors (Lipinski definition) is 2. The maximum absolute atomic E-state index is 3.76. The molecule has 1 radical (unpaired) electrons. The lowest BCUT2D eigenvalue weighted by Crippen LogP contribution is -2.41. The largest absolute Gasteiger partial charge is 0.302 e. The molecule has 59 valence electrons. The zero-order valence-electron chi connectivity index (χ0n) is 6.77. The fourth-order valence-electron chi connectivity index (χ4n) is 1.47. The SMILES string of the molecule is [CH2]CNC(C)N1CCCC1. The highest BCUT2D eigenvalue weighted by Gasteiger charge is 2.16. The fraction of sp³-hybridized carbons (Fsp3) is 0.875. The van der Waals surface area contributed by atoms with Crippen LogP contribution in [0.2, 0.25) is 0 Å². The van der Waals surface area contributed by atoms with Gasteiger partial charge in [-0.1, -0.05) is 0 Å². The molecule has 1 aliphatic heterocycles. The van der Waals surface area contributed by atoms with Crippen molar-refractivity contribution in [3.05, 3.63) is 6.92 Å². The lowest BCUT2D eigenvalue weighted by Gasteiger charge is -2.23. The second kappa shape index (κ2) is 3.94. The molecule has 0 saturated carbocycles. The van der Waals surface area contributed by atoms with Crippen LogP contribution < -0.4 is 5.32 Å². The van der Waals surface area contributed by atoms with Crippen molar-refractivity contribution in [1.82, 2.24) is 10.2 Å². The maximum Gasteiger partial charge on any atom is 0.0567 e. The minimum atomic E-state index is 0.528. The van der Waals surface area contributed by atoms with Gasteiger partial charge in [0, 0.05) is 0 Å². The van der Waals surface area contributed by atoms with E-state index < -0.39 is 0 Å². The predicted molar refractivity (Wildman–Crippen MR) is 43.6 cm³/mol. The number of likely N-dealkylation sites (tertiary alicyclic amines) is 1. The van der Waals surface area contributed by atoms with Crippen molar-refractivity contribution in [1.29, 1.82) is 0 Å². The van der Waals surface area contributed by atoms with Crippen molar-refractivity contribution in [2.75, 3.05) is 19.6 Å². The molecule has 0 amide bonds. The van der Waals surface area contributed by atoms with Crippen molar-refractivity contribution in [3.63, 3.8) is 0 Å². The molecule has 1 aliphatic rings. The number of rotatable bonds is 3. The van der Waals surface area contributed by atoms with E-state index in [1.165, 1.54) is 25.9 Å². The molecule has 2 nitrogen and oxygen atoms in total. The van der Waals surface area contributed by atoms with Crippen molar-refractivity contribution in [2.24, 2.45) is 0 Å². The molecule has 1 atom stereocenters. The molecule has 1 fully saturated rings. The first-order chi connectivity index (χ1) is 4.84. The summed E-state index contributed by atoms with van der Waals surface area (Å²) in [6, 6.07) is 0. The fourth-order valence-corrected chi connectivity index (χ4v) is 1.47. The first-order valence-corrected chi connectivity index (χ1v) is 4.11. The Morgan fingerprint density at radius 1 is 1.50 bits per heavy atom. The Hall–Kier alpha value is -0.0800. The molecule has 2 heteroatoms. The predicted octanol–water partition coefficient (Wildman–Crippen LogP) is 0.852. The first kappa shape index (κ1) is 8.02. The van der Waals surface area contributed by atoms with Crippen LogP contribution in [0.15, 0.2) is 0 Å². The molecular formula is C8H17N2. The van der Waals surface area contributed by atoms with E-state index in [1.54, 1.807) is 0 Å². The van der Waals surface area contributed by atoms with Crippen molar-refractivity contribution in [3.8, 4) is 0 Å². The zero-order chi connectivity index (χ0) is 7.40. The van der Waals surface area contributed by atoms with E-state index in [9.17, 15) is 0 Å². The monoisotopic (exact) mass is 141 g/mol. The molecule has 0 aromatic heterocycles. The van der Waals surface area contributed by atoms with Gasteiger partial charge in [0.05, 0.1) is 6.17 Å². The summed E-state index contributed by atoms with van der Waals surface area (Å²) >= 11 is 0. The van der Waals surface area contributed by atoms with Gasteiger partial charge in [-0.3, -0.25) is 4.90 Å². The summed E-state index contributed by atoms with van der Waals surface area (Å²) in [5.74, 6) is 0. The Morgan fingerprint density at radius 2 is 2.10 bits per heavy atom. The molecule has 10 heavy (non-hydrogen) atoms. The summed E-state index contributed by atoms with van der Waals surface area (Å²) < 4.78 is 0. The van der Waals surface area contributed by atoms with Crippen LogP contribution >= 0.6 is 0 Å². The quantitative estimate of drug-likeness (QED) is 0.627. The zero-order valence-corrected chi connectivity index (χ0v) is 6.77. The molecule has 1 heterocycles. The standard InChI is InChI=1S/C8H17N2/c1-3-9-8(2)10-6-4-5-7-10/h8-9H,1,3-7H2,2H3. The van der Waals surface area contributed by atoms with Crippen molar-refractivity contribution < 1.29 is 0 Å². The van der Waals surface area contributed by atoms with Gasteiger partial charge in [0.1, 0.15) is 0 Å². The smallest absolute Gasteiger partial charge is 0.0567 e. The maximum atomic E-state index is 3.76. The molecular weight excluding hydrogens is 124 g/mol. The summed E-state index contributed by atoms with van der Waals surface area (Å²) in [4.78, 5) is 2.46. The van der Waals surface area contributed by atoms with E-state index in [0.717, 1.165) is 6.54 Å². The highest BCUT2D eigenvalue weighted by atomic mass is 15.3. The summed E-state index contributed by atoms with van der Waals surface area (Å²) in [6.07, 6.45) is 3.26. The van der Waals surface area contributed by atoms with Gasteiger partial charge >= 0.3 is 0 Å². The molecule has 1 N–H and O–H groups in total. The lowest BCUT2D eigenvalue weighted by atomic mass is 10.4. The van der Waals surface area contributed by atoms with E-state index in [4.69, 9.17) is 0 Å². The Kier molecular flexibility index (Phi) is 3.16. The van der Waals surface area contributed by atoms with E-state index in [0.29, 0.717) is 6.17 Å². The topological polar surface area (TPSA) is 15.3 Å². The average Bonchev–Trinajstić information content (AvgIpc) is 2.38. The molecule has 0 spiro atoms. The summed E-state index contributed by atoms with van der Waals surface area (Å²) in [5, 5.41) is 3.30. The Bertz CT molecular complexity index is 87.3. The molecule has 0 aromatic rings. The van der Waals surface area contributed by atoms with Gasteiger partial charge in [0.15, 0.2) is 0 Å². The van der Waals surface area contributed by atoms with Crippen LogP contribution in [0.5, 0.6) is 0 Å². The van der Waals surface area contributed by atoms with Gasteiger partial charge in [-0.25, -0.2) is 0 Å². The van der Waals surface area contributed by atoms with Gasteiger partial charge in [0.25, 0.3) is 0 Å². The Balaban J connectivity index is 2.18. The minimum absolute atomic E-state index is 0.528. The van der Waals surface area contributed by atoms with Crippen LogP contribution in [0.3, 0.4) is 0 Å². The van der Waals surface area contributed by atoms with E-state index in [-0.39, 0.29) is 0 Å². The normalized spacial score (nSPS) is 23.4. The van der Waals surface area contributed by atoms with Crippen LogP contribution in [0, 0.1) is 6.92 Å². The lowest BCUT2D eigenvalue weighted by molar-refractivity contribution is 0.225. The van der Waals surface area contributed by atoms with Crippen LogP contribution in [0.1, 0.15) is 19.8 Å². The molecule has 0 aromatic carbocycles. The second-order valence-electron chi connectivity index (χ2n) is 2.87. The summed E-state index contributed by atoms with van der Waals surface area (Å²) in [6.45, 7) is 9.31. The van der Waals surface area contributed by atoms with Crippen molar-refractivity contribution >= 4 is 0 Å². The van der Waals surface area contributed by atoms with Gasteiger partial charge in [-0.2, -0.15) is 0 Å². The van der Waals surface area contributed by atoms with E-state index >= 15 is 0 Å². The van der Waals surface area contributed by atoms with Gasteiger partial charge < -0.3 is 5.32 Å². The summed E-state index contributed by atoms with van der Waals surface area (Å²) in [5.41, 5.74) is 0. The number of hydrogen-bond donors (Lipinski definition) is 1. The van der Waals surface area contributed by atoms with Crippen LogP contribution in [0.4, 0.5) is 0 Å². The molecule has 0 bridgehead atoms. The van der Waals surface area contributed by atoms with Crippen LogP contribution in [-0.4, -0.2) is 30.7 Å². The van der Waals surface area contributed by atoms with Gasteiger partial charge in [0.2, 0.25) is 0 Å². The highest BCUT2D eigenvalue weighted by Crippen LogP contribution is 2.09. The molecule has 0 aliphatic carbocycles. The summed E-state index contributed by atoms with van der Waals surface area (Å²) in [7, 11) is 0. The van der Waals surface area contributed by atoms with Crippen molar-refractivity contribution in [2.45, 2.75) is 25.9 Å². The molecule has 1 unspecified atom stereocenters. The third kappa shape index (κ3) is 1.96. The van der Waals surface area contributed by atoms with Gasteiger partial charge in [-0.05, 0) is 46.3 Å². The van der Waals surface area contributed by atoms with E-state index in [1.807, 2.05) is 0 Å².